The second-order valence-electron chi connectivity index (χ2n) is 15.3. The Morgan fingerprint density at radius 2 is 0.534 bits per heavy atom. The second-order valence-corrected chi connectivity index (χ2v) is 18.9. The molecule has 272 valence electrons. The van der Waals surface area contributed by atoms with E-state index in [0.717, 1.165) is 11.4 Å². The van der Waals surface area contributed by atoms with Gasteiger partial charge in [0.25, 0.3) is 8.24 Å². The Bertz CT molecular complexity index is 3350. The number of aromatic nitrogens is 3. The quantitative estimate of drug-likeness (QED) is 0.119. The summed E-state index contributed by atoms with van der Waals surface area (Å²) in [6.45, 7) is 0. The molecular formula is C54H37N3Si. The van der Waals surface area contributed by atoms with Crippen LogP contribution in [0.5, 0.6) is 0 Å². The third-order valence-corrected chi connectivity index (χ3v) is 17.0. The topological polar surface area (TPSA) is 14.8 Å². The molecule has 12 rings (SSSR count). The average Bonchev–Trinajstić information content (AvgIpc) is 3.93. The summed E-state index contributed by atoms with van der Waals surface area (Å²) in [5.41, 5.74) is 9.62. The first-order chi connectivity index (χ1) is 28.8. The Morgan fingerprint density at radius 1 is 0.241 bits per heavy atom. The Labute approximate surface area is 337 Å². The van der Waals surface area contributed by atoms with Crippen molar-refractivity contribution >= 4 is 89.2 Å². The summed E-state index contributed by atoms with van der Waals surface area (Å²) in [5.74, 6) is 0. The molecule has 58 heavy (non-hydrogen) atoms. The molecule has 3 aromatic heterocycles. The zero-order valence-electron chi connectivity index (χ0n) is 31.7. The standard InChI is InChI=1S/C54H37N3Si/c1-4-18-40(19-5-1)58(41-20-6-2-7-21-41,42-22-8-3-9-23-42)57-53-31-17-13-27-46(53)48-37-39(33-35-54(48)57)56-51-30-16-12-26-45(51)47-36-38(32-34-52(47)56)55-49-28-14-10-24-43(49)44-25-11-15-29-50(44)55/h1-37H. The smallest absolute Gasteiger partial charge is 0.257 e. The van der Waals surface area contributed by atoms with Crippen LogP contribution in [-0.4, -0.2) is 21.6 Å². The molecule has 3 nitrogen and oxygen atoms in total. The van der Waals surface area contributed by atoms with Crippen molar-refractivity contribution in [3.8, 4) is 11.4 Å². The lowest BCUT2D eigenvalue weighted by Gasteiger charge is -2.36. The van der Waals surface area contributed by atoms with Crippen LogP contribution >= 0.6 is 0 Å². The molecule has 0 fully saturated rings. The first-order valence-electron chi connectivity index (χ1n) is 20.0. The van der Waals surface area contributed by atoms with Crippen molar-refractivity contribution in [3.63, 3.8) is 0 Å². The van der Waals surface area contributed by atoms with Gasteiger partial charge in [0.05, 0.1) is 22.1 Å². The third kappa shape index (κ3) is 4.61. The van der Waals surface area contributed by atoms with E-state index in [4.69, 9.17) is 0 Å². The second kappa shape index (κ2) is 12.8. The van der Waals surface area contributed by atoms with Gasteiger partial charge < -0.3 is 13.4 Å². The van der Waals surface area contributed by atoms with Crippen LogP contribution in [0.15, 0.2) is 224 Å². The molecule has 0 saturated carbocycles. The van der Waals surface area contributed by atoms with E-state index in [0.29, 0.717) is 0 Å². The van der Waals surface area contributed by atoms with Crippen molar-refractivity contribution in [1.29, 1.82) is 0 Å². The van der Waals surface area contributed by atoms with Crippen LogP contribution < -0.4 is 15.6 Å². The van der Waals surface area contributed by atoms with E-state index in [1.807, 2.05) is 0 Å². The molecule has 0 unspecified atom stereocenters. The normalized spacial score (nSPS) is 12.1. The van der Waals surface area contributed by atoms with Crippen molar-refractivity contribution in [2.75, 3.05) is 0 Å². The molecule has 3 heterocycles. The molecule has 0 saturated heterocycles. The van der Waals surface area contributed by atoms with E-state index in [-0.39, 0.29) is 0 Å². The molecule has 0 aliphatic rings. The number of fused-ring (bicyclic) bond motifs is 9. The minimum atomic E-state index is -2.91. The lowest BCUT2D eigenvalue weighted by atomic mass is 10.1. The largest absolute Gasteiger partial charge is 0.355 e. The Kier molecular flexibility index (Phi) is 7.25. The van der Waals surface area contributed by atoms with Gasteiger partial charge in [0.1, 0.15) is 0 Å². The lowest BCUT2D eigenvalue weighted by Crippen LogP contribution is -2.72. The summed E-state index contributed by atoms with van der Waals surface area (Å²) < 4.78 is 7.60. The van der Waals surface area contributed by atoms with Gasteiger partial charge in [-0.15, -0.1) is 0 Å². The summed E-state index contributed by atoms with van der Waals surface area (Å²) >= 11 is 0. The molecule has 0 N–H and O–H groups in total. The number of para-hydroxylation sites is 4. The fraction of sp³-hybridized carbons (Fsp3) is 0. The molecule has 9 aromatic carbocycles. The van der Waals surface area contributed by atoms with E-state index in [2.05, 4.69) is 238 Å². The van der Waals surface area contributed by atoms with Gasteiger partial charge in [-0.1, -0.05) is 164 Å². The fourth-order valence-corrected chi connectivity index (χ4v) is 14.9. The highest BCUT2D eigenvalue weighted by Crippen LogP contribution is 2.39. The molecule has 0 bridgehead atoms. The lowest BCUT2D eigenvalue weighted by molar-refractivity contribution is 1.17. The van der Waals surface area contributed by atoms with Crippen LogP contribution in [0.1, 0.15) is 0 Å². The van der Waals surface area contributed by atoms with E-state index < -0.39 is 8.24 Å². The minimum Gasteiger partial charge on any atom is -0.355 e. The highest BCUT2D eigenvalue weighted by Gasteiger charge is 2.44. The van der Waals surface area contributed by atoms with E-state index in [1.165, 1.54) is 81.0 Å². The highest BCUT2D eigenvalue weighted by atomic mass is 28.3. The predicted molar refractivity (Wildman–Crippen MR) is 248 cm³/mol. The van der Waals surface area contributed by atoms with Gasteiger partial charge in [-0.05, 0) is 76.2 Å². The van der Waals surface area contributed by atoms with Crippen LogP contribution in [0.4, 0.5) is 0 Å². The maximum atomic E-state index is 2.73. The summed E-state index contributed by atoms with van der Waals surface area (Å²) in [5, 5.41) is 11.6. The maximum absolute atomic E-state index is 2.91. The molecule has 4 heteroatoms. The maximum Gasteiger partial charge on any atom is 0.257 e. The Balaban J connectivity index is 1.13. The summed E-state index contributed by atoms with van der Waals surface area (Å²) in [4.78, 5) is 0. The Morgan fingerprint density at radius 3 is 0.983 bits per heavy atom. The van der Waals surface area contributed by atoms with Crippen molar-refractivity contribution in [2.24, 2.45) is 0 Å². The van der Waals surface area contributed by atoms with E-state index in [1.54, 1.807) is 0 Å². The van der Waals surface area contributed by atoms with Crippen LogP contribution in [0.25, 0.3) is 76.8 Å². The number of nitrogens with zero attached hydrogens (tertiary/aromatic N) is 3. The molecule has 0 aliphatic carbocycles. The van der Waals surface area contributed by atoms with Crippen molar-refractivity contribution < 1.29 is 0 Å². The Hall–Kier alpha value is -7.40. The predicted octanol–water partition coefficient (Wildman–Crippen LogP) is 11.5. The molecule has 0 radical (unpaired) electrons. The summed E-state index contributed by atoms with van der Waals surface area (Å²) in [7, 11) is -2.91. The monoisotopic (exact) mass is 755 g/mol. The number of benzene rings is 9. The molecule has 12 aromatic rings. The minimum absolute atomic E-state index is 1.15. The third-order valence-electron chi connectivity index (χ3n) is 12.3. The molecule has 0 amide bonds. The van der Waals surface area contributed by atoms with Gasteiger partial charge in [0.15, 0.2) is 0 Å². The van der Waals surface area contributed by atoms with Crippen LogP contribution in [-0.2, 0) is 0 Å². The van der Waals surface area contributed by atoms with Gasteiger partial charge >= 0.3 is 0 Å². The van der Waals surface area contributed by atoms with Gasteiger partial charge in [-0.2, -0.15) is 0 Å². The summed E-state index contributed by atoms with van der Waals surface area (Å²) in [6.07, 6.45) is 0. The zero-order valence-corrected chi connectivity index (χ0v) is 32.7. The first-order valence-corrected chi connectivity index (χ1v) is 22.0. The molecule has 0 atom stereocenters. The van der Waals surface area contributed by atoms with Gasteiger partial charge in [-0.25, -0.2) is 0 Å². The van der Waals surface area contributed by atoms with Crippen LogP contribution in [0.2, 0.25) is 0 Å². The number of hydrogen-bond acceptors (Lipinski definition) is 0. The summed E-state index contributed by atoms with van der Waals surface area (Å²) in [6, 6.07) is 83.1. The number of rotatable bonds is 6. The average molecular weight is 756 g/mol. The van der Waals surface area contributed by atoms with Crippen molar-refractivity contribution in [3.05, 3.63) is 224 Å². The SMILES string of the molecule is c1ccc([Si](c2ccccc2)(c2ccccc2)n2c3ccccc3c3cc(-n4c5ccccc5c5cc(-n6c7ccccc7c7ccccc76)ccc54)ccc32)cc1. The fourth-order valence-electron chi connectivity index (χ4n) is 9.97. The van der Waals surface area contributed by atoms with E-state index in [9.17, 15) is 0 Å². The molecule has 0 aliphatic heterocycles. The van der Waals surface area contributed by atoms with Gasteiger partial charge in [-0.3, -0.25) is 0 Å². The van der Waals surface area contributed by atoms with Crippen molar-refractivity contribution in [2.45, 2.75) is 0 Å². The molecular weight excluding hydrogens is 719 g/mol. The van der Waals surface area contributed by atoms with Gasteiger partial charge in [0.2, 0.25) is 0 Å². The zero-order chi connectivity index (χ0) is 38.2. The highest BCUT2D eigenvalue weighted by molar-refractivity contribution is 7.11. The number of hydrogen-bond donors (Lipinski definition) is 0. The van der Waals surface area contributed by atoms with Crippen LogP contribution in [0.3, 0.4) is 0 Å². The molecule has 0 spiro atoms. The van der Waals surface area contributed by atoms with Gasteiger partial charge in [0, 0.05) is 54.7 Å². The first kappa shape index (κ1) is 32.8. The van der Waals surface area contributed by atoms with Crippen LogP contribution in [0, 0.1) is 0 Å². The van der Waals surface area contributed by atoms with E-state index >= 15 is 0 Å². The van der Waals surface area contributed by atoms with Crippen molar-refractivity contribution in [1.82, 2.24) is 13.4 Å².